The molecule has 0 radical (unpaired) electrons. The maximum atomic E-state index is 13.3. The van der Waals surface area contributed by atoms with Gasteiger partial charge < -0.3 is 14.8 Å². The van der Waals surface area contributed by atoms with Crippen LogP contribution in [0.1, 0.15) is 60.3 Å². The maximum Gasteiger partial charge on any atom is 0.348 e. The van der Waals surface area contributed by atoms with Crippen LogP contribution in [-0.2, 0) is 9.53 Å². The van der Waals surface area contributed by atoms with E-state index in [0.29, 0.717) is 37.1 Å². The maximum absolute atomic E-state index is 13.3. The van der Waals surface area contributed by atoms with E-state index in [1.165, 1.54) is 18.0 Å². The molecule has 4 rings (SSSR count). The predicted octanol–water partition coefficient (Wildman–Crippen LogP) is 5.12. The van der Waals surface area contributed by atoms with Crippen LogP contribution < -0.4 is 15.6 Å². The standard InChI is InChI=1S/C24H26ClN3O5S/c1-13-19-22(34-20(13)24(31)33-16-7-5-4-6-8-16)26-12-28(23(19)30)14(2)21(29)27-15-9-10-18(32-3)17(25)11-15/h9-12,14,16H,4-8H2,1-3H3,(H,27,29). The largest absolute Gasteiger partial charge is 0.495 e. The van der Waals surface area contributed by atoms with Crippen LogP contribution in [0.25, 0.3) is 10.2 Å². The summed E-state index contributed by atoms with van der Waals surface area (Å²) in [6, 6.07) is 4.03. The van der Waals surface area contributed by atoms with Crippen molar-refractivity contribution in [1.29, 1.82) is 0 Å². The van der Waals surface area contributed by atoms with Crippen molar-refractivity contribution in [3.63, 3.8) is 0 Å². The number of benzene rings is 1. The number of aryl methyl sites for hydroxylation is 1. The van der Waals surface area contributed by atoms with Crippen molar-refractivity contribution >= 4 is 50.7 Å². The molecule has 1 unspecified atom stereocenters. The molecule has 2 aromatic heterocycles. The number of methoxy groups -OCH3 is 1. The number of fused-ring (bicyclic) bond motifs is 1. The van der Waals surface area contributed by atoms with Crippen LogP contribution in [0.2, 0.25) is 5.02 Å². The van der Waals surface area contributed by atoms with E-state index in [2.05, 4.69) is 10.3 Å². The number of carbonyl (C=O) groups excluding carboxylic acids is 2. The van der Waals surface area contributed by atoms with Crippen molar-refractivity contribution in [2.75, 3.05) is 12.4 Å². The van der Waals surface area contributed by atoms with E-state index in [-0.39, 0.29) is 11.7 Å². The minimum absolute atomic E-state index is 0.0781. The zero-order chi connectivity index (χ0) is 24.4. The number of thiophene rings is 1. The van der Waals surface area contributed by atoms with Crippen molar-refractivity contribution in [3.8, 4) is 5.75 Å². The Bertz CT molecular complexity index is 1300. The van der Waals surface area contributed by atoms with E-state index in [4.69, 9.17) is 21.1 Å². The van der Waals surface area contributed by atoms with Gasteiger partial charge in [0.2, 0.25) is 5.91 Å². The van der Waals surface area contributed by atoms with Crippen LogP contribution in [0.3, 0.4) is 0 Å². The first-order chi connectivity index (χ1) is 16.3. The lowest BCUT2D eigenvalue weighted by Crippen LogP contribution is -2.31. The molecule has 0 aliphatic heterocycles. The molecule has 1 amide bonds. The average molecular weight is 504 g/mol. The molecule has 1 aromatic carbocycles. The SMILES string of the molecule is COc1ccc(NC(=O)C(C)n2cnc3sc(C(=O)OC4CCCCC4)c(C)c3c2=O)cc1Cl. The number of nitrogens with zero attached hydrogens (tertiary/aromatic N) is 2. The highest BCUT2D eigenvalue weighted by Gasteiger charge is 2.26. The Labute approximate surface area is 205 Å². The molecule has 1 saturated carbocycles. The molecule has 10 heteroatoms. The zero-order valence-electron chi connectivity index (χ0n) is 19.2. The highest BCUT2D eigenvalue weighted by molar-refractivity contribution is 7.20. The Morgan fingerprint density at radius 2 is 2.00 bits per heavy atom. The average Bonchev–Trinajstić information content (AvgIpc) is 3.17. The number of ether oxygens (including phenoxy) is 2. The number of anilines is 1. The van der Waals surface area contributed by atoms with Gasteiger partial charge >= 0.3 is 5.97 Å². The molecule has 0 bridgehead atoms. The quantitative estimate of drug-likeness (QED) is 0.469. The molecule has 3 aromatic rings. The Balaban J connectivity index is 1.57. The van der Waals surface area contributed by atoms with Crippen molar-refractivity contribution in [2.45, 2.75) is 58.1 Å². The molecule has 1 aliphatic rings. The molecule has 1 N–H and O–H groups in total. The van der Waals surface area contributed by atoms with Gasteiger partial charge in [0.25, 0.3) is 5.56 Å². The molecule has 0 saturated heterocycles. The topological polar surface area (TPSA) is 99.5 Å². The molecule has 1 aliphatic carbocycles. The van der Waals surface area contributed by atoms with Gasteiger partial charge in [-0.05, 0) is 63.3 Å². The van der Waals surface area contributed by atoms with E-state index < -0.39 is 17.9 Å². The summed E-state index contributed by atoms with van der Waals surface area (Å²) in [4.78, 5) is 44.1. The number of amides is 1. The molecule has 180 valence electrons. The van der Waals surface area contributed by atoms with Crippen LogP contribution in [0, 0.1) is 6.92 Å². The molecule has 1 atom stereocenters. The van der Waals surface area contributed by atoms with Gasteiger partial charge in [-0.2, -0.15) is 0 Å². The third-order valence-corrected chi connectivity index (χ3v) is 7.58. The Morgan fingerprint density at radius 3 is 2.68 bits per heavy atom. The number of carbonyl (C=O) groups is 2. The molecule has 0 spiro atoms. The normalized spacial score (nSPS) is 15.2. The summed E-state index contributed by atoms with van der Waals surface area (Å²) in [7, 11) is 1.50. The van der Waals surface area contributed by atoms with Gasteiger partial charge in [-0.25, -0.2) is 9.78 Å². The number of halogens is 1. The Hall–Kier alpha value is -2.91. The fourth-order valence-corrected chi connectivity index (χ4v) is 5.39. The third kappa shape index (κ3) is 4.81. The van der Waals surface area contributed by atoms with Gasteiger partial charge in [-0.15, -0.1) is 11.3 Å². The van der Waals surface area contributed by atoms with Crippen LogP contribution in [0.4, 0.5) is 5.69 Å². The lowest BCUT2D eigenvalue weighted by Gasteiger charge is -2.21. The lowest BCUT2D eigenvalue weighted by molar-refractivity contribution is -0.118. The van der Waals surface area contributed by atoms with E-state index >= 15 is 0 Å². The van der Waals surface area contributed by atoms with Crippen LogP contribution >= 0.6 is 22.9 Å². The molecular weight excluding hydrogens is 478 g/mol. The second kappa shape index (κ2) is 10.1. The van der Waals surface area contributed by atoms with Gasteiger partial charge in [-0.1, -0.05) is 18.0 Å². The Kier molecular flexibility index (Phi) is 7.23. The van der Waals surface area contributed by atoms with Crippen molar-refractivity contribution in [2.24, 2.45) is 0 Å². The number of aromatic nitrogens is 2. The number of hydrogen-bond donors (Lipinski definition) is 1. The fourth-order valence-electron chi connectivity index (χ4n) is 4.11. The van der Waals surface area contributed by atoms with Gasteiger partial charge in [0.1, 0.15) is 27.6 Å². The summed E-state index contributed by atoms with van der Waals surface area (Å²) in [5, 5.41) is 3.44. The summed E-state index contributed by atoms with van der Waals surface area (Å²) in [6.45, 7) is 3.32. The summed E-state index contributed by atoms with van der Waals surface area (Å²) >= 11 is 7.27. The second-order valence-electron chi connectivity index (χ2n) is 8.37. The zero-order valence-corrected chi connectivity index (χ0v) is 20.8. The van der Waals surface area contributed by atoms with Crippen LogP contribution in [0.5, 0.6) is 5.75 Å². The minimum atomic E-state index is -0.845. The predicted molar refractivity (Wildman–Crippen MR) is 132 cm³/mol. The monoisotopic (exact) mass is 503 g/mol. The highest BCUT2D eigenvalue weighted by atomic mass is 35.5. The first kappa shape index (κ1) is 24.2. The summed E-state index contributed by atoms with van der Waals surface area (Å²) in [5.74, 6) is -0.334. The third-order valence-electron chi connectivity index (χ3n) is 6.10. The number of nitrogens with one attached hydrogen (secondary N) is 1. The lowest BCUT2D eigenvalue weighted by atomic mass is 9.98. The molecule has 1 fully saturated rings. The second-order valence-corrected chi connectivity index (χ2v) is 9.78. The fraction of sp³-hybridized carbons (Fsp3) is 0.417. The molecule has 8 nitrogen and oxygen atoms in total. The number of rotatable bonds is 6. The van der Waals surface area contributed by atoms with Crippen molar-refractivity contribution in [3.05, 3.63) is 50.3 Å². The molecular formula is C24H26ClN3O5S. The van der Waals surface area contributed by atoms with Gasteiger partial charge in [0.15, 0.2) is 0 Å². The minimum Gasteiger partial charge on any atom is -0.495 e. The Morgan fingerprint density at radius 1 is 1.26 bits per heavy atom. The van der Waals surface area contributed by atoms with E-state index in [1.54, 1.807) is 32.0 Å². The van der Waals surface area contributed by atoms with Crippen molar-refractivity contribution in [1.82, 2.24) is 9.55 Å². The molecule has 2 heterocycles. The highest BCUT2D eigenvalue weighted by Crippen LogP contribution is 2.30. The summed E-state index contributed by atoms with van der Waals surface area (Å²) < 4.78 is 12.1. The van der Waals surface area contributed by atoms with Gasteiger partial charge in [-0.3, -0.25) is 14.2 Å². The van der Waals surface area contributed by atoms with E-state index in [9.17, 15) is 14.4 Å². The molecule has 34 heavy (non-hydrogen) atoms. The first-order valence-electron chi connectivity index (χ1n) is 11.2. The van der Waals surface area contributed by atoms with E-state index in [1.807, 2.05) is 0 Å². The van der Waals surface area contributed by atoms with E-state index in [0.717, 1.165) is 43.4 Å². The number of hydrogen-bond acceptors (Lipinski definition) is 7. The summed E-state index contributed by atoms with van der Waals surface area (Å²) in [6.07, 6.45) is 6.26. The first-order valence-corrected chi connectivity index (χ1v) is 12.3. The van der Waals surface area contributed by atoms with Gasteiger partial charge in [0, 0.05) is 5.69 Å². The smallest absolute Gasteiger partial charge is 0.348 e. The van der Waals surface area contributed by atoms with Crippen LogP contribution in [0.15, 0.2) is 29.3 Å². The number of esters is 1. The van der Waals surface area contributed by atoms with Crippen molar-refractivity contribution < 1.29 is 19.1 Å². The summed E-state index contributed by atoms with van der Waals surface area (Å²) in [5.41, 5.74) is 0.622. The van der Waals surface area contributed by atoms with Crippen LogP contribution in [-0.4, -0.2) is 34.6 Å². The van der Waals surface area contributed by atoms with Gasteiger partial charge in [0.05, 0.1) is 23.8 Å².